The van der Waals surface area contributed by atoms with Crippen LogP contribution in [-0.2, 0) is 30.4 Å². The van der Waals surface area contributed by atoms with Crippen LogP contribution >= 0.6 is 0 Å². The predicted octanol–water partition coefficient (Wildman–Crippen LogP) is 3.66. The van der Waals surface area contributed by atoms with Gasteiger partial charge in [0.15, 0.2) is 0 Å². The zero-order chi connectivity index (χ0) is 25.1. The molecular formula is C27H37N3O4S. The first-order chi connectivity index (χ1) is 16.6. The highest BCUT2D eigenvalue weighted by Gasteiger charge is 2.51. The van der Waals surface area contributed by atoms with Crippen molar-refractivity contribution in [2.75, 3.05) is 44.1 Å². The maximum Gasteiger partial charge on any atom is 0.261 e. The number of carbonyl (C=O) groups excluding carboxylic acids is 1. The summed E-state index contributed by atoms with van der Waals surface area (Å²) in [4.78, 5) is 15.5. The number of rotatable bonds is 9. The van der Waals surface area contributed by atoms with E-state index >= 15 is 0 Å². The number of carbonyl (C=O) groups is 1. The van der Waals surface area contributed by atoms with Gasteiger partial charge in [-0.3, -0.25) is 14.4 Å². The molecule has 1 saturated carbocycles. The third kappa shape index (κ3) is 6.23. The standard InChI is InChI=1S/C27H37N3O4S/c1-26(2,3)21-7-11-24(12-8-21)35(32,33)29-23-9-5-22(6-10-23)27(13-14-27)25(31)28-15-4-16-30-17-19-34-20-18-30/h5-12,29H,4,13-20H2,1-3H3,(H,28,31). The number of morpholine rings is 1. The van der Waals surface area contributed by atoms with Crippen molar-refractivity contribution < 1.29 is 17.9 Å². The average molecular weight is 500 g/mol. The lowest BCUT2D eigenvalue weighted by atomic mass is 9.87. The number of hydrogen-bond donors (Lipinski definition) is 2. The van der Waals surface area contributed by atoms with Crippen LogP contribution in [-0.4, -0.2) is 58.6 Å². The lowest BCUT2D eigenvalue weighted by Gasteiger charge is -2.26. The quantitative estimate of drug-likeness (QED) is 0.514. The molecule has 2 aromatic rings. The first kappa shape index (κ1) is 25.7. The Morgan fingerprint density at radius 3 is 2.20 bits per heavy atom. The van der Waals surface area contributed by atoms with E-state index in [1.807, 2.05) is 24.3 Å². The Kier molecular flexibility index (Phi) is 7.54. The fourth-order valence-electron chi connectivity index (χ4n) is 4.48. The van der Waals surface area contributed by atoms with Crippen molar-refractivity contribution in [1.29, 1.82) is 0 Å². The Morgan fingerprint density at radius 2 is 1.63 bits per heavy atom. The van der Waals surface area contributed by atoms with Gasteiger partial charge in [0.1, 0.15) is 0 Å². The maximum atomic E-state index is 12.9. The number of benzene rings is 2. The van der Waals surface area contributed by atoms with E-state index in [0.29, 0.717) is 12.2 Å². The highest BCUT2D eigenvalue weighted by molar-refractivity contribution is 7.92. The molecule has 1 heterocycles. The predicted molar refractivity (Wildman–Crippen MR) is 138 cm³/mol. The molecule has 0 radical (unpaired) electrons. The van der Waals surface area contributed by atoms with Gasteiger partial charge in [0.05, 0.1) is 23.5 Å². The number of hydrogen-bond acceptors (Lipinski definition) is 5. The summed E-state index contributed by atoms with van der Waals surface area (Å²) < 4.78 is 33.7. The summed E-state index contributed by atoms with van der Waals surface area (Å²) in [5, 5.41) is 3.10. The molecule has 0 unspecified atom stereocenters. The number of nitrogens with one attached hydrogen (secondary N) is 2. The minimum absolute atomic E-state index is 0.0423. The van der Waals surface area contributed by atoms with Crippen molar-refractivity contribution in [3.8, 4) is 0 Å². The molecule has 0 aromatic heterocycles. The number of nitrogens with zero attached hydrogens (tertiary/aromatic N) is 1. The molecule has 7 nitrogen and oxygen atoms in total. The monoisotopic (exact) mass is 499 g/mol. The van der Waals surface area contributed by atoms with Crippen LogP contribution in [0.15, 0.2) is 53.4 Å². The molecule has 8 heteroatoms. The molecule has 1 amide bonds. The Bertz CT molecular complexity index is 1110. The molecule has 0 bridgehead atoms. The maximum absolute atomic E-state index is 12.9. The van der Waals surface area contributed by atoms with Crippen LogP contribution in [0.4, 0.5) is 5.69 Å². The number of sulfonamides is 1. The summed E-state index contributed by atoms with van der Waals surface area (Å²) in [7, 11) is -3.69. The second-order valence-electron chi connectivity index (χ2n) is 10.6. The van der Waals surface area contributed by atoms with Gasteiger partial charge >= 0.3 is 0 Å². The minimum Gasteiger partial charge on any atom is -0.379 e. The van der Waals surface area contributed by atoms with Crippen molar-refractivity contribution >= 4 is 21.6 Å². The van der Waals surface area contributed by atoms with Crippen LogP contribution in [0.3, 0.4) is 0 Å². The zero-order valence-corrected chi connectivity index (χ0v) is 21.8. The first-order valence-electron chi connectivity index (χ1n) is 12.4. The smallest absolute Gasteiger partial charge is 0.261 e. The fraction of sp³-hybridized carbons (Fsp3) is 0.519. The van der Waals surface area contributed by atoms with Crippen LogP contribution in [0.25, 0.3) is 0 Å². The Labute approximate surface area is 209 Å². The van der Waals surface area contributed by atoms with E-state index in [1.54, 1.807) is 24.3 Å². The molecule has 1 aliphatic heterocycles. The van der Waals surface area contributed by atoms with E-state index in [1.165, 1.54) is 0 Å². The summed E-state index contributed by atoms with van der Waals surface area (Å²) in [5.74, 6) is 0.0618. The highest BCUT2D eigenvalue weighted by Crippen LogP contribution is 2.48. The number of anilines is 1. The van der Waals surface area contributed by atoms with E-state index in [4.69, 9.17) is 4.74 Å². The molecule has 35 heavy (non-hydrogen) atoms. The van der Waals surface area contributed by atoms with Gasteiger partial charge in [-0.1, -0.05) is 45.0 Å². The van der Waals surface area contributed by atoms with Gasteiger partial charge in [-0.05, 0) is 66.6 Å². The molecule has 190 valence electrons. The van der Waals surface area contributed by atoms with Gasteiger partial charge in [-0.15, -0.1) is 0 Å². The van der Waals surface area contributed by atoms with E-state index < -0.39 is 15.4 Å². The third-order valence-corrected chi connectivity index (χ3v) is 8.34. The van der Waals surface area contributed by atoms with Crippen molar-refractivity contribution in [2.24, 2.45) is 0 Å². The van der Waals surface area contributed by atoms with Crippen molar-refractivity contribution in [2.45, 2.75) is 55.8 Å². The van der Waals surface area contributed by atoms with Gasteiger partial charge in [0.25, 0.3) is 10.0 Å². The van der Waals surface area contributed by atoms with Crippen LogP contribution < -0.4 is 10.0 Å². The summed E-state index contributed by atoms with van der Waals surface area (Å²) in [6, 6.07) is 14.2. The molecule has 0 spiro atoms. The molecule has 4 rings (SSSR count). The second kappa shape index (κ2) is 10.3. The van der Waals surface area contributed by atoms with E-state index in [0.717, 1.165) is 63.2 Å². The van der Waals surface area contributed by atoms with Crippen LogP contribution in [0.2, 0.25) is 0 Å². The first-order valence-corrected chi connectivity index (χ1v) is 13.9. The van der Waals surface area contributed by atoms with Gasteiger partial charge in [0.2, 0.25) is 5.91 Å². The highest BCUT2D eigenvalue weighted by atomic mass is 32.2. The van der Waals surface area contributed by atoms with Crippen LogP contribution in [0.1, 0.15) is 51.2 Å². The minimum atomic E-state index is -3.69. The molecule has 2 fully saturated rings. The normalized spacial score (nSPS) is 18.1. The van der Waals surface area contributed by atoms with Gasteiger partial charge in [-0.2, -0.15) is 0 Å². The van der Waals surface area contributed by atoms with Gasteiger partial charge in [-0.25, -0.2) is 8.42 Å². The Morgan fingerprint density at radius 1 is 1.00 bits per heavy atom. The molecule has 2 aromatic carbocycles. The Hall–Kier alpha value is -2.42. The van der Waals surface area contributed by atoms with Crippen LogP contribution in [0, 0.1) is 0 Å². The van der Waals surface area contributed by atoms with Crippen LogP contribution in [0.5, 0.6) is 0 Å². The summed E-state index contributed by atoms with van der Waals surface area (Å²) in [5.41, 5.74) is 1.96. The molecule has 2 N–H and O–H groups in total. The molecule has 1 aliphatic carbocycles. The number of ether oxygens (including phenoxy) is 1. The van der Waals surface area contributed by atoms with E-state index in [9.17, 15) is 13.2 Å². The second-order valence-corrected chi connectivity index (χ2v) is 12.3. The van der Waals surface area contributed by atoms with Gasteiger partial charge < -0.3 is 10.1 Å². The lowest BCUT2D eigenvalue weighted by molar-refractivity contribution is -0.123. The molecule has 1 saturated heterocycles. The largest absolute Gasteiger partial charge is 0.379 e. The molecular weight excluding hydrogens is 462 g/mol. The van der Waals surface area contributed by atoms with Crippen molar-refractivity contribution in [3.63, 3.8) is 0 Å². The summed E-state index contributed by atoms with van der Waals surface area (Å²) in [6.45, 7) is 11.4. The summed E-state index contributed by atoms with van der Waals surface area (Å²) >= 11 is 0. The fourth-order valence-corrected chi connectivity index (χ4v) is 5.53. The third-order valence-electron chi connectivity index (χ3n) is 6.95. The average Bonchev–Trinajstić information content (AvgIpc) is 3.64. The molecule has 0 atom stereocenters. The van der Waals surface area contributed by atoms with Crippen molar-refractivity contribution in [1.82, 2.24) is 10.2 Å². The SMILES string of the molecule is CC(C)(C)c1ccc(S(=O)(=O)Nc2ccc(C3(C(=O)NCCCN4CCOCC4)CC3)cc2)cc1. The van der Waals surface area contributed by atoms with E-state index in [-0.39, 0.29) is 16.2 Å². The molecule has 2 aliphatic rings. The number of amides is 1. The van der Waals surface area contributed by atoms with Crippen molar-refractivity contribution in [3.05, 3.63) is 59.7 Å². The lowest BCUT2D eigenvalue weighted by Crippen LogP contribution is -2.39. The zero-order valence-electron chi connectivity index (χ0n) is 21.0. The van der Waals surface area contributed by atoms with E-state index in [2.05, 4.69) is 35.7 Å². The topological polar surface area (TPSA) is 87.7 Å². The van der Waals surface area contributed by atoms with Gasteiger partial charge in [0, 0.05) is 25.3 Å². The Balaban J connectivity index is 1.32. The summed E-state index contributed by atoms with van der Waals surface area (Å²) in [6.07, 6.45) is 2.54.